The Labute approximate surface area is 171 Å². The van der Waals surface area contributed by atoms with Crippen LogP contribution in [0.1, 0.15) is 25.3 Å². The maximum Gasteiger partial charge on any atom is 0.178 e. The number of halogens is 1. The summed E-state index contributed by atoms with van der Waals surface area (Å²) in [4.78, 5) is 2.25. The monoisotopic (exact) mass is 418 g/mol. The van der Waals surface area contributed by atoms with Crippen molar-refractivity contribution in [3.05, 3.63) is 53.1 Å². The molecule has 7 heteroatoms. The van der Waals surface area contributed by atoms with Crippen LogP contribution in [-0.2, 0) is 9.84 Å². The van der Waals surface area contributed by atoms with Gasteiger partial charge in [-0.05, 0) is 61.1 Å². The van der Waals surface area contributed by atoms with Crippen molar-refractivity contribution in [1.82, 2.24) is 4.90 Å². The van der Waals surface area contributed by atoms with Crippen molar-refractivity contribution in [1.29, 1.82) is 5.26 Å². The number of nitriles is 1. The molecule has 0 spiro atoms. The molecule has 1 atom stereocenters. The molecule has 2 aromatic carbocycles. The number of hydrogen-bond donors (Lipinski definition) is 1. The van der Waals surface area contributed by atoms with Gasteiger partial charge >= 0.3 is 0 Å². The molecular weight excluding hydrogens is 396 g/mol. The molecule has 1 heterocycles. The van der Waals surface area contributed by atoms with Gasteiger partial charge in [0.2, 0.25) is 0 Å². The van der Waals surface area contributed by atoms with Crippen LogP contribution in [0.5, 0.6) is 0 Å². The Hall–Kier alpha value is -1.91. The number of likely N-dealkylation sites (tertiary alicyclic amines) is 1. The van der Waals surface area contributed by atoms with Crippen LogP contribution in [0.15, 0.2) is 47.4 Å². The Morgan fingerprint density at radius 2 is 1.86 bits per heavy atom. The molecule has 0 aliphatic carbocycles. The minimum atomic E-state index is -3.39. The third kappa shape index (κ3) is 4.73. The molecule has 5 nitrogen and oxygen atoms in total. The molecule has 1 fully saturated rings. The first-order valence-corrected chi connectivity index (χ1v) is 11.3. The van der Waals surface area contributed by atoms with Crippen LogP contribution in [0.2, 0.25) is 5.02 Å². The van der Waals surface area contributed by atoms with Gasteiger partial charge in [-0.3, -0.25) is 4.90 Å². The number of rotatable bonds is 5. The Kier molecular flexibility index (Phi) is 6.41. The number of sulfone groups is 1. The van der Waals surface area contributed by atoms with Crippen LogP contribution in [0.4, 0.5) is 0 Å². The SMILES string of the molecule is CC(O)N1CCC(CS(=O)(=O)c2ccc(-c3ccc(Cl)cc3C#N)cc2)CC1. The lowest BCUT2D eigenvalue weighted by Gasteiger charge is -2.33. The zero-order chi connectivity index (χ0) is 20.3. The van der Waals surface area contributed by atoms with Gasteiger partial charge in [-0.1, -0.05) is 29.8 Å². The molecule has 1 unspecified atom stereocenters. The highest BCUT2D eigenvalue weighted by molar-refractivity contribution is 7.91. The van der Waals surface area contributed by atoms with Gasteiger partial charge in [0, 0.05) is 18.1 Å². The number of benzene rings is 2. The quantitative estimate of drug-likeness (QED) is 0.800. The maximum absolute atomic E-state index is 12.8. The van der Waals surface area contributed by atoms with Gasteiger partial charge in [-0.15, -0.1) is 0 Å². The topological polar surface area (TPSA) is 81.4 Å². The van der Waals surface area contributed by atoms with Crippen LogP contribution < -0.4 is 0 Å². The van der Waals surface area contributed by atoms with Gasteiger partial charge in [-0.2, -0.15) is 5.26 Å². The molecule has 0 saturated carbocycles. The average molecular weight is 419 g/mol. The van der Waals surface area contributed by atoms with Crippen LogP contribution >= 0.6 is 11.6 Å². The number of aliphatic hydroxyl groups excluding tert-OH is 1. The lowest BCUT2D eigenvalue weighted by Crippen LogP contribution is -2.41. The first-order valence-electron chi connectivity index (χ1n) is 9.25. The molecule has 0 aromatic heterocycles. The highest BCUT2D eigenvalue weighted by Gasteiger charge is 2.26. The van der Waals surface area contributed by atoms with Crippen LogP contribution in [0.25, 0.3) is 11.1 Å². The normalized spacial score (nSPS) is 17.2. The summed E-state index contributed by atoms with van der Waals surface area (Å²) in [6.07, 6.45) is 1.04. The van der Waals surface area contributed by atoms with E-state index >= 15 is 0 Å². The van der Waals surface area contributed by atoms with Gasteiger partial charge in [0.25, 0.3) is 0 Å². The van der Waals surface area contributed by atoms with Gasteiger partial charge < -0.3 is 5.11 Å². The van der Waals surface area contributed by atoms with Crippen molar-refractivity contribution in [2.24, 2.45) is 5.92 Å². The number of piperidine rings is 1. The molecule has 1 N–H and O–H groups in total. The lowest BCUT2D eigenvalue weighted by molar-refractivity contribution is -0.00126. The molecule has 1 aliphatic heterocycles. The molecule has 1 aliphatic rings. The molecule has 2 aromatic rings. The summed E-state index contributed by atoms with van der Waals surface area (Å²) in [5.74, 6) is 0.214. The Balaban J connectivity index is 1.73. The summed E-state index contributed by atoms with van der Waals surface area (Å²) in [5.41, 5.74) is 1.95. The Morgan fingerprint density at radius 1 is 1.21 bits per heavy atom. The van der Waals surface area contributed by atoms with E-state index < -0.39 is 16.1 Å². The standard InChI is InChI=1S/C21H23ClN2O3S/c1-15(25)24-10-8-16(9-11-24)14-28(26,27)20-5-2-17(3-6-20)21-7-4-19(22)12-18(21)13-23/h2-7,12,15-16,25H,8-11,14H2,1H3. The molecule has 28 heavy (non-hydrogen) atoms. The predicted molar refractivity (Wildman–Crippen MR) is 110 cm³/mol. The van der Waals surface area contributed by atoms with E-state index in [0.717, 1.165) is 24.0 Å². The fourth-order valence-corrected chi connectivity index (χ4v) is 5.47. The number of nitrogens with zero attached hydrogens (tertiary/aromatic N) is 2. The van der Waals surface area contributed by atoms with Crippen molar-refractivity contribution < 1.29 is 13.5 Å². The van der Waals surface area contributed by atoms with Gasteiger partial charge in [0.15, 0.2) is 9.84 Å². The van der Waals surface area contributed by atoms with Crippen molar-refractivity contribution >= 4 is 21.4 Å². The molecule has 0 radical (unpaired) electrons. The summed E-state index contributed by atoms with van der Waals surface area (Å²) in [6, 6.07) is 13.9. The summed E-state index contributed by atoms with van der Waals surface area (Å²) < 4.78 is 25.6. The second-order valence-electron chi connectivity index (χ2n) is 7.22. The highest BCUT2D eigenvalue weighted by Crippen LogP contribution is 2.28. The molecule has 0 bridgehead atoms. The van der Waals surface area contributed by atoms with Crippen molar-refractivity contribution in [3.8, 4) is 17.2 Å². The van der Waals surface area contributed by atoms with E-state index in [0.29, 0.717) is 28.6 Å². The average Bonchev–Trinajstić information content (AvgIpc) is 2.68. The zero-order valence-electron chi connectivity index (χ0n) is 15.7. The molecule has 148 valence electrons. The fourth-order valence-electron chi connectivity index (χ4n) is 3.60. The second-order valence-corrected chi connectivity index (χ2v) is 9.69. The Bertz CT molecular complexity index is 974. The van der Waals surface area contributed by atoms with Crippen molar-refractivity contribution in [2.45, 2.75) is 30.9 Å². The molecular formula is C21H23ClN2O3S. The maximum atomic E-state index is 12.8. The molecule has 3 rings (SSSR count). The van der Waals surface area contributed by atoms with Crippen LogP contribution in [-0.4, -0.2) is 43.5 Å². The minimum absolute atomic E-state index is 0.0983. The third-order valence-electron chi connectivity index (χ3n) is 5.26. The second kappa shape index (κ2) is 8.62. The van der Waals surface area contributed by atoms with E-state index in [-0.39, 0.29) is 11.7 Å². The summed E-state index contributed by atoms with van der Waals surface area (Å²) >= 11 is 5.94. The molecule has 1 saturated heterocycles. The van der Waals surface area contributed by atoms with E-state index in [2.05, 4.69) is 6.07 Å². The highest BCUT2D eigenvalue weighted by atomic mass is 35.5. The summed E-state index contributed by atoms with van der Waals surface area (Å²) in [7, 11) is -3.39. The van der Waals surface area contributed by atoms with Crippen LogP contribution in [0.3, 0.4) is 0 Å². The van der Waals surface area contributed by atoms with E-state index in [1.807, 2.05) is 4.90 Å². The van der Waals surface area contributed by atoms with Crippen molar-refractivity contribution in [2.75, 3.05) is 18.8 Å². The van der Waals surface area contributed by atoms with Gasteiger partial charge in [-0.25, -0.2) is 8.42 Å². The summed E-state index contributed by atoms with van der Waals surface area (Å²) in [5, 5.41) is 19.4. The van der Waals surface area contributed by atoms with Gasteiger partial charge in [0.1, 0.15) is 6.23 Å². The fraction of sp³-hybridized carbons (Fsp3) is 0.381. The van der Waals surface area contributed by atoms with E-state index in [1.54, 1.807) is 49.4 Å². The summed E-state index contributed by atoms with van der Waals surface area (Å²) in [6.45, 7) is 3.16. The van der Waals surface area contributed by atoms with Crippen molar-refractivity contribution in [3.63, 3.8) is 0 Å². The first kappa shape index (κ1) is 20.8. The first-order chi connectivity index (χ1) is 13.3. The zero-order valence-corrected chi connectivity index (χ0v) is 17.2. The third-order valence-corrected chi connectivity index (χ3v) is 7.39. The number of aliphatic hydroxyl groups is 1. The van der Waals surface area contributed by atoms with E-state index in [4.69, 9.17) is 11.6 Å². The van der Waals surface area contributed by atoms with E-state index in [1.165, 1.54) is 0 Å². The number of hydrogen-bond acceptors (Lipinski definition) is 5. The Morgan fingerprint density at radius 3 is 2.43 bits per heavy atom. The van der Waals surface area contributed by atoms with Gasteiger partial charge in [0.05, 0.1) is 22.3 Å². The predicted octanol–water partition coefficient (Wildman–Crippen LogP) is 3.70. The smallest absolute Gasteiger partial charge is 0.178 e. The largest absolute Gasteiger partial charge is 0.379 e. The minimum Gasteiger partial charge on any atom is -0.379 e. The molecule has 0 amide bonds. The van der Waals surface area contributed by atoms with E-state index in [9.17, 15) is 18.8 Å². The van der Waals surface area contributed by atoms with Crippen LogP contribution in [0, 0.1) is 17.2 Å². The lowest BCUT2D eigenvalue weighted by atomic mass is 9.99.